The lowest BCUT2D eigenvalue weighted by Crippen LogP contribution is -2.23. The highest BCUT2D eigenvalue weighted by Gasteiger charge is 2.34. The van der Waals surface area contributed by atoms with Crippen molar-refractivity contribution >= 4 is 51.2 Å². The predicted molar refractivity (Wildman–Crippen MR) is 117 cm³/mol. The zero-order valence-electron chi connectivity index (χ0n) is 15.8. The van der Waals surface area contributed by atoms with E-state index < -0.39 is 0 Å². The first-order valence-corrected chi connectivity index (χ1v) is 10.4. The number of halogens is 2. The van der Waals surface area contributed by atoms with E-state index in [-0.39, 0.29) is 10.7 Å². The minimum atomic E-state index is -0.124. The molecular weight excluding hydrogens is 411 g/mol. The Kier molecular flexibility index (Phi) is 4.56. The van der Waals surface area contributed by atoms with Gasteiger partial charge in [-0.2, -0.15) is 0 Å². The van der Waals surface area contributed by atoms with Gasteiger partial charge in [0.2, 0.25) is 5.75 Å². The molecule has 2 N–H and O–H groups in total. The van der Waals surface area contributed by atoms with Crippen molar-refractivity contribution in [2.24, 2.45) is 13.0 Å². The van der Waals surface area contributed by atoms with Crippen LogP contribution in [-0.2, 0) is 7.05 Å². The Balaban J connectivity index is 1.63. The molecule has 6 nitrogen and oxygen atoms in total. The summed E-state index contributed by atoms with van der Waals surface area (Å²) in [4.78, 5) is 16.9. The van der Waals surface area contributed by atoms with E-state index in [1.54, 1.807) is 23.9 Å². The highest BCUT2D eigenvalue weighted by molar-refractivity contribution is 6.43. The molecule has 0 bridgehead atoms. The second-order valence-corrected chi connectivity index (χ2v) is 8.35. The molecule has 3 aromatic rings. The third-order valence-corrected chi connectivity index (χ3v) is 6.44. The standard InChI is InChI=1S/C21H20Cl2N4O2/c1-27-16-5-4-12(25-15-6-8-24-20(23)17(15)22)10-13(16)18-19(21(27)28)29-9-7-14(26-18)11-2-3-11/h4-6,8,10-11,14,26H,2-3,7,9H2,1H3,(H,24,25)/t14-/m1/s1. The molecule has 1 aliphatic heterocycles. The number of nitrogens with zero attached hydrogens (tertiary/aromatic N) is 2. The smallest absolute Gasteiger partial charge is 0.295 e. The molecule has 0 spiro atoms. The topological polar surface area (TPSA) is 68.2 Å². The molecule has 1 saturated carbocycles. The van der Waals surface area contributed by atoms with E-state index in [2.05, 4.69) is 15.6 Å². The number of hydrogen-bond acceptors (Lipinski definition) is 5. The summed E-state index contributed by atoms with van der Waals surface area (Å²) in [6, 6.07) is 7.94. The zero-order valence-corrected chi connectivity index (χ0v) is 17.3. The molecule has 0 radical (unpaired) electrons. The number of aromatic nitrogens is 2. The zero-order chi connectivity index (χ0) is 20.1. The van der Waals surface area contributed by atoms with Gasteiger partial charge in [-0.15, -0.1) is 0 Å². The lowest BCUT2D eigenvalue weighted by Gasteiger charge is -2.19. The van der Waals surface area contributed by atoms with Gasteiger partial charge in [0.15, 0.2) is 0 Å². The lowest BCUT2D eigenvalue weighted by molar-refractivity contribution is 0.303. The molecule has 1 aromatic carbocycles. The van der Waals surface area contributed by atoms with E-state index in [4.69, 9.17) is 27.9 Å². The van der Waals surface area contributed by atoms with Gasteiger partial charge in [-0.25, -0.2) is 4.98 Å². The number of fused-ring (bicyclic) bond motifs is 3. The van der Waals surface area contributed by atoms with Gasteiger partial charge in [-0.3, -0.25) is 4.79 Å². The largest absolute Gasteiger partial charge is 0.486 e. The summed E-state index contributed by atoms with van der Waals surface area (Å²) >= 11 is 12.3. The van der Waals surface area contributed by atoms with Gasteiger partial charge in [0.1, 0.15) is 10.2 Å². The van der Waals surface area contributed by atoms with Crippen LogP contribution >= 0.6 is 23.2 Å². The Morgan fingerprint density at radius 3 is 2.86 bits per heavy atom. The second-order valence-electron chi connectivity index (χ2n) is 7.61. The summed E-state index contributed by atoms with van der Waals surface area (Å²) in [6.07, 6.45) is 4.95. The van der Waals surface area contributed by atoms with Crippen LogP contribution in [0.4, 0.5) is 17.1 Å². The van der Waals surface area contributed by atoms with E-state index >= 15 is 0 Å². The first-order chi connectivity index (χ1) is 14.0. The van der Waals surface area contributed by atoms with Crippen molar-refractivity contribution in [2.75, 3.05) is 17.2 Å². The van der Waals surface area contributed by atoms with Crippen molar-refractivity contribution in [3.05, 3.63) is 51.0 Å². The Morgan fingerprint density at radius 1 is 1.24 bits per heavy atom. The SMILES string of the molecule is Cn1c(=O)c2c(c3cc(Nc4ccnc(Cl)c4Cl)ccc31)N[C@@H](C1CC1)CCO2. The van der Waals surface area contributed by atoms with E-state index in [9.17, 15) is 4.79 Å². The summed E-state index contributed by atoms with van der Waals surface area (Å²) in [5, 5.41) is 8.45. The predicted octanol–water partition coefficient (Wildman–Crippen LogP) is 4.96. The van der Waals surface area contributed by atoms with Crippen LogP contribution in [0.1, 0.15) is 19.3 Å². The number of aryl methyl sites for hydroxylation is 1. The molecule has 0 saturated heterocycles. The number of hydrogen-bond donors (Lipinski definition) is 2. The fourth-order valence-corrected chi connectivity index (χ4v) is 4.26. The molecule has 29 heavy (non-hydrogen) atoms. The molecule has 0 unspecified atom stereocenters. The van der Waals surface area contributed by atoms with Gasteiger partial charge in [-0.1, -0.05) is 23.2 Å². The monoisotopic (exact) mass is 430 g/mol. The van der Waals surface area contributed by atoms with Gasteiger partial charge >= 0.3 is 0 Å². The fourth-order valence-electron chi connectivity index (χ4n) is 3.94. The second kappa shape index (κ2) is 7.11. The molecule has 1 aliphatic carbocycles. The van der Waals surface area contributed by atoms with Crippen molar-refractivity contribution in [1.82, 2.24) is 9.55 Å². The van der Waals surface area contributed by atoms with E-state index in [1.165, 1.54) is 12.8 Å². The number of benzene rings is 1. The van der Waals surface area contributed by atoms with E-state index in [0.29, 0.717) is 35.0 Å². The van der Waals surface area contributed by atoms with Crippen molar-refractivity contribution in [2.45, 2.75) is 25.3 Å². The average Bonchev–Trinajstić information content (AvgIpc) is 3.55. The maximum atomic E-state index is 12.9. The van der Waals surface area contributed by atoms with Crippen molar-refractivity contribution in [3.8, 4) is 5.75 Å². The normalized spacial score (nSPS) is 18.5. The maximum Gasteiger partial charge on any atom is 0.295 e. The molecule has 5 rings (SSSR count). The third-order valence-electron chi connectivity index (χ3n) is 5.67. The Hall–Kier alpha value is -2.44. The number of ether oxygens (including phenoxy) is 1. The number of pyridine rings is 2. The molecule has 0 amide bonds. The van der Waals surface area contributed by atoms with Gasteiger partial charge in [0, 0.05) is 36.8 Å². The lowest BCUT2D eigenvalue weighted by atomic mass is 10.1. The Labute approximate surface area is 177 Å². The molecule has 150 valence electrons. The van der Waals surface area contributed by atoms with Crippen LogP contribution in [0.2, 0.25) is 10.2 Å². The molecule has 2 aliphatic rings. The van der Waals surface area contributed by atoms with Crippen LogP contribution in [0.3, 0.4) is 0 Å². The summed E-state index contributed by atoms with van der Waals surface area (Å²) < 4.78 is 7.54. The minimum Gasteiger partial charge on any atom is -0.486 e. The van der Waals surface area contributed by atoms with Gasteiger partial charge in [0.25, 0.3) is 5.56 Å². The van der Waals surface area contributed by atoms with Crippen molar-refractivity contribution in [1.29, 1.82) is 0 Å². The molecular formula is C21H20Cl2N4O2. The van der Waals surface area contributed by atoms with Crippen LogP contribution in [0.25, 0.3) is 10.9 Å². The summed E-state index contributed by atoms with van der Waals surface area (Å²) in [7, 11) is 1.77. The summed E-state index contributed by atoms with van der Waals surface area (Å²) in [6.45, 7) is 0.547. The van der Waals surface area contributed by atoms with E-state index in [0.717, 1.165) is 28.7 Å². The van der Waals surface area contributed by atoms with Gasteiger partial charge in [-0.05, 0) is 43.0 Å². The Bertz CT molecular complexity index is 1170. The molecule has 1 fully saturated rings. The highest BCUT2D eigenvalue weighted by atomic mass is 35.5. The van der Waals surface area contributed by atoms with Crippen LogP contribution in [0.5, 0.6) is 5.75 Å². The minimum absolute atomic E-state index is 0.124. The average molecular weight is 431 g/mol. The summed E-state index contributed by atoms with van der Waals surface area (Å²) in [5.74, 6) is 1.05. The molecule has 8 heteroatoms. The van der Waals surface area contributed by atoms with Crippen LogP contribution in [-0.4, -0.2) is 22.2 Å². The molecule has 2 aromatic heterocycles. The molecule has 3 heterocycles. The maximum absolute atomic E-state index is 12.9. The Morgan fingerprint density at radius 2 is 2.07 bits per heavy atom. The fraction of sp³-hybridized carbons (Fsp3) is 0.333. The van der Waals surface area contributed by atoms with Crippen LogP contribution in [0, 0.1) is 5.92 Å². The number of anilines is 3. The van der Waals surface area contributed by atoms with E-state index in [1.807, 2.05) is 18.2 Å². The first kappa shape index (κ1) is 18.6. The quantitative estimate of drug-likeness (QED) is 0.574. The van der Waals surface area contributed by atoms with Gasteiger partial charge < -0.3 is 19.9 Å². The number of nitrogens with one attached hydrogen (secondary N) is 2. The van der Waals surface area contributed by atoms with Crippen LogP contribution in [0.15, 0.2) is 35.3 Å². The third kappa shape index (κ3) is 3.30. The molecule has 1 atom stereocenters. The van der Waals surface area contributed by atoms with Crippen molar-refractivity contribution in [3.63, 3.8) is 0 Å². The first-order valence-electron chi connectivity index (χ1n) is 9.66. The van der Waals surface area contributed by atoms with Crippen LogP contribution < -0.4 is 20.9 Å². The highest BCUT2D eigenvalue weighted by Crippen LogP contribution is 2.41. The van der Waals surface area contributed by atoms with Crippen molar-refractivity contribution < 1.29 is 4.74 Å². The van der Waals surface area contributed by atoms with Gasteiger partial charge in [0.05, 0.1) is 23.5 Å². The summed E-state index contributed by atoms with van der Waals surface area (Å²) in [5.41, 5.74) is 2.99. The number of rotatable bonds is 3.